The maximum atomic E-state index is 14.3. The highest BCUT2D eigenvalue weighted by Crippen LogP contribution is 2.20. The molecule has 0 radical (unpaired) electrons. The van der Waals surface area contributed by atoms with E-state index in [1.165, 1.54) is 4.90 Å². The van der Waals surface area contributed by atoms with E-state index in [0.29, 0.717) is 45.2 Å². The molecule has 1 unspecified atom stereocenters. The van der Waals surface area contributed by atoms with E-state index in [1.54, 1.807) is 6.07 Å². The first-order valence-electron chi connectivity index (χ1n) is 16.5. The van der Waals surface area contributed by atoms with Gasteiger partial charge in [-0.25, -0.2) is 22.0 Å². The summed E-state index contributed by atoms with van der Waals surface area (Å²) in [6.07, 6.45) is 0.631. The van der Waals surface area contributed by atoms with Crippen LogP contribution >= 0.6 is 0 Å². The van der Waals surface area contributed by atoms with Crippen LogP contribution in [0, 0.1) is 11.6 Å². The normalized spacial score (nSPS) is 16.9. The summed E-state index contributed by atoms with van der Waals surface area (Å²) in [6, 6.07) is 7.92. The molecule has 0 aromatic heterocycles. The standard InChI is InChI=1S/C34H50F2N4O6S/c1-4-8-29(9-5-2)47(44,45)22-31(39-34(43)46-28-12-13-38-19-28)33(42)40(20-24-11-7-10-23(6-3)14-24)21-32(41)30(37)17-25-15-26(35)18-27(36)16-25/h7,10-11,14-16,18,28-32,38,41H,4-6,8-9,12-13,17,19-22,37H2,1-3H3,(H,39,43)/t28-,30+,31?,32-/m1/s1. The van der Waals surface area contributed by atoms with E-state index in [9.17, 15) is 31.9 Å². The number of nitrogens with one attached hydrogen (secondary N) is 2. The first kappa shape index (κ1) is 38.3. The van der Waals surface area contributed by atoms with Gasteiger partial charge < -0.3 is 31.1 Å². The summed E-state index contributed by atoms with van der Waals surface area (Å²) < 4.78 is 60.5. The second kappa shape index (κ2) is 18.4. The van der Waals surface area contributed by atoms with E-state index in [0.717, 1.165) is 35.7 Å². The second-order valence-electron chi connectivity index (χ2n) is 12.4. The number of alkyl carbamates (subject to hydrolysis) is 1. The topological polar surface area (TPSA) is 151 Å². The molecule has 262 valence electrons. The van der Waals surface area contributed by atoms with E-state index < -0.39 is 68.8 Å². The molecule has 1 aliphatic rings. The zero-order valence-corrected chi connectivity index (χ0v) is 28.4. The van der Waals surface area contributed by atoms with Gasteiger partial charge in [-0.05, 0) is 67.5 Å². The molecule has 0 saturated carbocycles. The van der Waals surface area contributed by atoms with Crippen LogP contribution in [0.25, 0.3) is 0 Å². The fourth-order valence-corrected chi connectivity index (χ4v) is 8.02. The van der Waals surface area contributed by atoms with Crippen molar-refractivity contribution in [3.63, 3.8) is 0 Å². The maximum Gasteiger partial charge on any atom is 0.408 e. The molecule has 1 aliphatic heterocycles. The van der Waals surface area contributed by atoms with Crippen molar-refractivity contribution < 1.29 is 36.6 Å². The average molecular weight is 681 g/mol. The van der Waals surface area contributed by atoms with Crippen LogP contribution in [0.15, 0.2) is 42.5 Å². The van der Waals surface area contributed by atoms with Crippen molar-refractivity contribution in [2.75, 3.05) is 25.4 Å². The van der Waals surface area contributed by atoms with Crippen molar-refractivity contribution in [3.8, 4) is 0 Å². The van der Waals surface area contributed by atoms with Crippen molar-refractivity contribution >= 4 is 21.8 Å². The smallest absolute Gasteiger partial charge is 0.408 e. The Kier molecular flexibility index (Phi) is 15.0. The highest BCUT2D eigenvalue weighted by atomic mass is 32.2. The number of aliphatic hydroxyl groups excluding tert-OH is 1. The fourth-order valence-electron chi connectivity index (χ4n) is 5.87. The van der Waals surface area contributed by atoms with Gasteiger partial charge in [-0.15, -0.1) is 0 Å². The van der Waals surface area contributed by atoms with Crippen molar-refractivity contribution in [2.45, 2.75) is 102 Å². The van der Waals surface area contributed by atoms with E-state index in [4.69, 9.17) is 10.5 Å². The fraction of sp³-hybridized carbons (Fsp3) is 0.588. The van der Waals surface area contributed by atoms with Crippen LogP contribution in [0.1, 0.15) is 69.6 Å². The van der Waals surface area contributed by atoms with Crippen LogP contribution < -0.4 is 16.4 Å². The van der Waals surface area contributed by atoms with Gasteiger partial charge in [0.15, 0.2) is 9.84 Å². The van der Waals surface area contributed by atoms with Crippen LogP contribution in [0.2, 0.25) is 0 Å². The Balaban J connectivity index is 1.93. The van der Waals surface area contributed by atoms with Gasteiger partial charge in [0.25, 0.3) is 0 Å². The highest BCUT2D eigenvalue weighted by molar-refractivity contribution is 7.92. The Bertz CT molecular complexity index is 1400. The molecule has 10 nitrogen and oxygen atoms in total. The Labute approximate surface area is 277 Å². The molecule has 5 N–H and O–H groups in total. The van der Waals surface area contributed by atoms with Crippen LogP contribution in [0.5, 0.6) is 0 Å². The number of halogens is 2. The number of carbonyl (C=O) groups excluding carboxylic acids is 2. The Hall–Kier alpha value is -3.13. The van der Waals surface area contributed by atoms with Crippen LogP contribution in [-0.2, 0) is 38.8 Å². The molecule has 0 spiro atoms. The van der Waals surface area contributed by atoms with E-state index in [-0.39, 0.29) is 25.1 Å². The van der Waals surface area contributed by atoms with Gasteiger partial charge in [0.05, 0.1) is 17.1 Å². The van der Waals surface area contributed by atoms with Gasteiger partial charge in [0.2, 0.25) is 5.91 Å². The van der Waals surface area contributed by atoms with Crippen LogP contribution in [-0.4, -0.2) is 85.4 Å². The van der Waals surface area contributed by atoms with Crippen molar-refractivity contribution in [2.24, 2.45) is 5.73 Å². The van der Waals surface area contributed by atoms with Crippen LogP contribution in [0.4, 0.5) is 13.6 Å². The number of nitrogens with zero attached hydrogens (tertiary/aromatic N) is 1. The van der Waals surface area contributed by atoms with Crippen molar-refractivity contribution in [1.82, 2.24) is 15.5 Å². The molecule has 2 aromatic carbocycles. The monoisotopic (exact) mass is 680 g/mol. The third-order valence-corrected chi connectivity index (χ3v) is 10.7. The lowest BCUT2D eigenvalue weighted by molar-refractivity contribution is -0.135. The third kappa shape index (κ3) is 12.1. The minimum Gasteiger partial charge on any atom is -0.445 e. The Morgan fingerprint density at radius 3 is 2.32 bits per heavy atom. The second-order valence-corrected chi connectivity index (χ2v) is 14.7. The minimum absolute atomic E-state index is 0.0157. The zero-order chi connectivity index (χ0) is 34.6. The van der Waals surface area contributed by atoms with Crippen LogP contribution in [0.3, 0.4) is 0 Å². The molecule has 1 fully saturated rings. The average Bonchev–Trinajstić information content (AvgIpc) is 3.52. The maximum absolute atomic E-state index is 14.3. The molecule has 13 heteroatoms. The first-order chi connectivity index (χ1) is 22.3. The molecule has 2 aromatic rings. The molecule has 1 heterocycles. The molecular formula is C34H50F2N4O6S. The van der Waals surface area contributed by atoms with Gasteiger partial charge in [0.1, 0.15) is 23.8 Å². The molecule has 3 rings (SSSR count). The lowest BCUT2D eigenvalue weighted by atomic mass is 10.0. The first-order valence-corrected chi connectivity index (χ1v) is 18.2. The number of benzene rings is 2. The number of ether oxygens (including phenoxy) is 1. The third-order valence-electron chi connectivity index (χ3n) is 8.39. The summed E-state index contributed by atoms with van der Waals surface area (Å²) in [4.78, 5) is 28.6. The lowest BCUT2D eigenvalue weighted by Crippen LogP contribution is -2.55. The molecule has 2 amide bonds. The lowest BCUT2D eigenvalue weighted by Gasteiger charge is -2.32. The molecule has 4 atom stereocenters. The number of nitrogens with two attached hydrogens (primary N) is 1. The number of rotatable bonds is 18. The van der Waals surface area contributed by atoms with Gasteiger partial charge in [-0.2, -0.15) is 0 Å². The summed E-state index contributed by atoms with van der Waals surface area (Å²) in [5, 5.41) is 16.1. The number of aliphatic hydroxyl groups is 1. The summed E-state index contributed by atoms with van der Waals surface area (Å²) in [7, 11) is -3.86. The van der Waals surface area contributed by atoms with E-state index in [1.807, 2.05) is 39.0 Å². The number of sulfone groups is 1. The molecule has 47 heavy (non-hydrogen) atoms. The Morgan fingerprint density at radius 2 is 1.72 bits per heavy atom. The summed E-state index contributed by atoms with van der Waals surface area (Å²) >= 11 is 0. The number of hydrogen-bond donors (Lipinski definition) is 4. The van der Waals surface area contributed by atoms with Gasteiger partial charge in [-0.1, -0.05) is 57.9 Å². The van der Waals surface area contributed by atoms with Gasteiger partial charge in [0, 0.05) is 31.7 Å². The van der Waals surface area contributed by atoms with Crippen molar-refractivity contribution in [3.05, 3.63) is 70.8 Å². The van der Waals surface area contributed by atoms with E-state index in [2.05, 4.69) is 10.6 Å². The zero-order valence-electron chi connectivity index (χ0n) is 27.6. The number of amides is 2. The number of carbonyl (C=O) groups is 2. The van der Waals surface area contributed by atoms with E-state index >= 15 is 0 Å². The largest absolute Gasteiger partial charge is 0.445 e. The molecular weight excluding hydrogens is 630 g/mol. The van der Waals surface area contributed by atoms with Gasteiger partial charge in [-0.3, -0.25) is 4.79 Å². The molecule has 0 aliphatic carbocycles. The minimum atomic E-state index is -3.86. The predicted octanol–water partition coefficient (Wildman–Crippen LogP) is 3.63. The highest BCUT2D eigenvalue weighted by Gasteiger charge is 2.36. The summed E-state index contributed by atoms with van der Waals surface area (Å²) in [5.74, 6) is -2.94. The Morgan fingerprint density at radius 1 is 1.06 bits per heavy atom. The summed E-state index contributed by atoms with van der Waals surface area (Å²) in [6.45, 7) is 6.52. The SMILES string of the molecule is CCCC(CCC)S(=O)(=O)CC(NC(=O)O[C@@H]1CCNC1)C(=O)N(Cc1cccc(CC)c1)C[C@@H](O)[C@@H](N)Cc1cc(F)cc(F)c1. The number of aryl methyl sites for hydroxylation is 1. The van der Waals surface area contributed by atoms with Gasteiger partial charge >= 0.3 is 6.09 Å². The molecule has 1 saturated heterocycles. The molecule has 0 bridgehead atoms. The quantitative estimate of drug-likeness (QED) is 0.187. The van der Waals surface area contributed by atoms with Crippen molar-refractivity contribution in [1.29, 1.82) is 0 Å². The number of hydrogen-bond acceptors (Lipinski definition) is 8. The predicted molar refractivity (Wildman–Crippen MR) is 177 cm³/mol. The summed E-state index contributed by atoms with van der Waals surface area (Å²) in [5.41, 5.74) is 8.23.